The lowest BCUT2D eigenvalue weighted by Crippen LogP contribution is -2.23. The molecular formula is C23H20F3N5O2. The van der Waals surface area contributed by atoms with Crippen LogP contribution in [0.25, 0.3) is 11.9 Å². The van der Waals surface area contributed by atoms with Crippen LogP contribution in [0.1, 0.15) is 29.7 Å². The minimum Gasteiger partial charge on any atom is -0.312 e. The molecule has 0 atom stereocenters. The highest BCUT2D eigenvalue weighted by Crippen LogP contribution is 2.29. The molecule has 0 radical (unpaired) electrons. The highest BCUT2D eigenvalue weighted by molar-refractivity contribution is 6.01. The number of halogens is 3. The first kappa shape index (κ1) is 22.3. The average molecular weight is 455 g/mol. The average Bonchev–Trinajstić information content (AvgIpc) is 3.37. The number of anilines is 2. The van der Waals surface area contributed by atoms with Crippen molar-refractivity contribution < 1.29 is 22.8 Å². The van der Waals surface area contributed by atoms with Gasteiger partial charge in [-0.1, -0.05) is 12.1 Å². The first-order valence-corrected chi connectivity index (χ1v) is 10.2. The molecule has 1 aliphatic rings. The predicted molar refractivity (Wildman–Crippen MR) is 117 cm³/mol. The molecule has 0 saturated carbocycles. The molecule has 3 aromatic rings. The summed E-state index contributed by atoms with van der Waals surface area (Å²) in [5.41, 5.74) is 1.28. The number of carbonyl (C=O) groups is 2. The van der Waals surface area contributed by atoms with Gasteiger partial charge in [-0.05, 0) is 49.2 Å². The summed E-state index contributed by atoms with van der Waals surface area (Å²) in [5, 5.41) is 6.87. The molecule has 0 unspecified atom stereocenters. The van der Waals surface area contributed by atoms with E-state index in [0.29, 0.717) is 18.7 Å². The van der Waals surface area contributed by atoms with E-state index in [1.54, 1.807) is 24.0 Å². The zero-order chi connectivity index (χ0) is 23.6. The third-order valence-electron chi connectivity index (χ3n) is 5.08. The van der Waals surface area contributed by atoms with Crippen LogP contribution < -0.4 is 10.2 Å². The number of hydrogen-bond acceptors (Lipinski definition) is 4. The Morgan fingerprint density at radius 1 is 1.15 bits per heavy atom. The lowest BCUT2D eigenvalue weighted by atomic mass is 10.2. The van der Waals surface area contributed by atoms with Crippen LogP contribution >= 0.6 is 0 Å². The largest absolute Gasteiger partial charge is 0.417 e. The van der Waals surface area contributed by atoms with Gasteiger partial charge in [0.1, 0.15) is 5.82 Å². The molecule has 1 aliphatic heterocycles. The Kier molecular flexibility index (Phi) is 5.99. The topological polar surface area (TPSA) is 80.1 Å². The second kappa shape index (κ2) is 8.89. The van der Waals surface area contributed by atoms with Crippen LogP contribution in [0.5, 0.6) is 0 Å². The van der Waals surface area contributed by atoms with Crippen LogP contribution in [-0.4, -0.2) is 33.1 Å². The van der Waals surface area contributed by atoms with E-state index in [9.17, 15) is 22.8 Å². The molecule has 0 bridgehead atoms. The summed E-state index contributed by atoms with van der Waals surface area (Å²) in [7, 11) is 0. The van der Waals surface area contributed by atoms with Gasteiger partial charge < -0.3 is 10.2 Å². The van der Waals surface area contributed by atoms with Crippen LogP contribution in [0.4, 0.5) is 24.7 Å². The summed E-state index contributed by atoms with van der Waals surface area (Å²) >= 11 is 0. The van der Waals surface area contributed by atoms with Gasteiger partial charge in [0.05, 0.1) is 11.3 Å². The number of amides is 2. The summed E-state index contributed by atoms with van der Waals surface area (Å²) in [6.07, 6.45) is 0.586. The number of benzene rings is 1. The Hall–Kier alpha value is -3.95. The number of nitrogens with one attached hydrogen (secondary N) is 1. The number of rotatable bonds is 5. The normalized spacial score (nSPS) is 14.3. The third-order valence-corrected chi connectivity index (χ3v) is 5.08. The Morgan fingerprint density at radius 2 is 1.91 bits per heavy atom. The number of aromatic nitrogens is 3. The number of alkyl halides is 3. The van der Waals surface area contributed by atoms with Crippen molar-refractivity contribution in [2.45, 2.75) is 25.9 Å². The molecule has 2 aromatic heterocycles. The summed E-state index contributed by atoms with van der Waals surface area (Å²) in [6, 6.07) is 11.0. The van der Waals surface area contributed by atoms with Crippen molar-refractivity contribution in [3.05, 3.63) is 71.6 Å². The fourth-order valence-electron chi connectivity index (χ4n) is 3.47. The van der Waals surface area contributed by atoms with Gasteiger partial charge in [-0.3, -0.25) is 9.59 Å². The molecule has 7 nitrogen and oxygen atoms in total. The van der Waals surface area contributed by atoms with Crippen molar-refractivity contribution >= 4 is 29.4 Å². The van der Waals surface area contributed by atoms with Gasteiger partial charge in [0.2, 0.25) is 11.8 Å². The highest BCUT2D eigenvalue weighted by atomic mass is 19.4. The van der Waals surface area contributed by atoms with Crippen molar-refractivity contribution in [1.29, 1.82) is 0 Å². The molecule has 1 N–H and O–H groups in total. The smallest absolute Gasteiger partial charge is 0.312 e. The van der Waals surface area contributed by atoms with E-state index in [4.69, 9.17) is 0 Å². The fraction of sp³-hybridized carbons (Fsp3) is 0.217. The second-order valence-electron chi connectivity index (χ2n) is 7.55. The van der Waals surface area contributed by atoms with E-state index in [1.807, 2.05) is 24.3 Å². The summed E-state index contributed by atoms with van der Waals surface area (Å²) in [6.45, 7) is 2.40. The van der Waals surface area contributed by atoms with E-state index in [0.717, 1.165) is 29.9 Å². The maximum absolute atomic E-state index is 12.8. The zero-order valence-corrected chi connectivity index (χ0v) is 17.6. The van der Waals surface area contributed by atoms with Crippen LogP contribution in [-0.2, 0) is 15.8 Å². The number of pyridine rings is 1. The number of aryl methyl sites for hydroxylation is 1. The van der Waals surface area contributed by atoms with Crippen molar-refractivity contribution in [2.24, 2.45) is 0 Å². The molecule has 4 rings (SSSR count). The Labute approximate surface area is 187 Å². The molecule has 170 valence electrons. The minimum atomic E-state index is -4.49. The van der Waals surface area contributed by atoms with E-state index in [-0.39, 0.29) is 17.5 Å². The van der Waals surface area contributed by atoms with E-state index >= 15 is 0 Å². The molecule has 1 aromatic carbocycles. The summed E-state index contributed by atoms with van der Waals surface area (Å²) < 4.78 is 39.6. The molecular weight excluding hydrogens is 435 g/mol. The van der Waals surface area contributed by atoms with Gasteiger partial charge in [0, 0.05) is 37.0 Å². The minimum absolute atomic E-state index is 0.104. The number of hydrogen-bond donors (Lipinski definition) is 1. The van der Waals surface area contributed by atoms with Gasteiger partial charge in [0.15, 0.2) is 5.82 Å². The van der Waals surface area contributed by atoms with E-state index < -0.39 is 17.6 Å². The van der Waals surface area contributed by atoms with Crippen molar-refractivity contribution in [1.82, 2.24) is 14.8 Å². The third kappa shape index (κ3) is 5.11. The van der Waals surface area contributed by atoms with Gasteiger partial charge in [-0.15, -0.1) is 0 Å². The van der Waals surface area contributed by atoms with Crippen molar-refractivity contribution in [2.75, 3.05) is 16.8 Å². The zero-order valence-electron chi connectivity index (χ0n) is 17.6. The Morgan fingerprint density at radius 3 is 2.52 bits per heavy atom. The number of carbonyl (C=O) groups excluding carboxylic acids is 2. The maximum Gasteiger partial charge on any atom is 0.417 e. The molecule has 2 amide bonds. The first-order chi connectivity index (χ1) is 15.7. The second-order valence-corrected chi connectivity index (χ2v) is 7.55. The molecule has 10 heteroatoms. The van der Waals surface area contributed by atoms with Crippen LogP contribution in [0, 0.1) is 6.92 Å². The summed E-state index contributed by atoms with van der Waals surface area (Å²) in [4.78, 5) is 29.8. The van der Waals surface area contributed by atoms with Gasteiger partial charge in [-0.2, -0.15) is 23.0 Å². The van der Waals surface area contributed by atoms with Crippen LogP contribution in [0.2, 0.25) is 0 Å². The highest BCUT2D eigenvalue weighted by Gasteiger charge is 2.30. The lowest BCUT2D eigenvalue weighted by molar-refractivity contribution is -0.137. The summed E-state index contributed by atoms with van der Waals surface area (Å²) in [5.74, 6) is 0.0775. The van der Waals surface area contributed by atoms with E-state index in [2.05, 4.69) is 15.4 Å². The molecule has 1 fully saturated rings. The predicted octanol–water partition coefficient (Wildman–Crippen LogP) is 4.37. The van der Waals surface area contributed by atoms with Gasteiger partial charge in [-0.25, -0.2) is 4.98 Å². The monoisotopic (exact) mass is 455 g/mol. The molecule has 0 spiro atoms. The van der Waals surface area contributed by atoms with Gasteiger partial charge in [0.25, 0.3) is 0 Å². The van der Waals surface area contributed by atoms with Crippen LogP contribution in [0.15, 0.2) is 54.7 Å². The maximum atomic E-state index is 12.8. The fourth-order valence-corrected chi connectivity index (χ4v) is 3.47. The van der Waals surface area contributed by atoms with Crippen LogP contribution in [0.3, 0.4) is 0 Å². The Bertz CT molecular complexity index is 1200. The van der Waals surface area contributed by atoms with E-state index in [1.165, 1.54) is 16.8 Å². The van der Waals surface area contributed by atoms with Crippen molar-refractivity contribution in [3.8, 4) is 5.82 Å². The SMILES string of the molecule is Cc1cc(NC(=O)/C=C/c2ccc(N3CCCC3=O)cc2)n(-c2ccc(C(F)(F)F)cn2)n1. The molecule has 3 heterocycles. The molecule has 0 aliphatic carbocycles. The quantitative estimate of drug-likeness (QED) is 0.580. The Balaban J connectivity index is 1.45. The molecule has 1 saturated heterocycles. The number of nitrogens with zero attached hydrogens (tertiary/aromatic N) is 4. The first-order valence-electron chi connectivity index (χ1n) is 10.2. The van der Waals surface area contributed by atoms with Gasteiger partial charge >= 0.3 is 6.18 Å². The lowest BCUT2D eigenvalue weighted by Gasteiger charge is -2.15. The molecule has 33 heavy (non-hydrogen) atoms. The standard InChI is InChI=1S/C23H20F3N5O2/c1-15-13-20(31(29-15)19-10-7-17(14-27-19)23(24,25)26)28-21(32)11-6-16-4-8-18(9-5-16)30-12-2-3-22(30)33/h4-11,13-14H,2-3,12H2,1H3,(H,28,32)/b11-6+. The van der Waals surface area contributed by atoms with Crippen molar-refractivity contribution in [3.63, 3.8) is 0 Å².